The molecule has 0 bridgehead atoms. The highest BCUT2D eigenvalue weighted by Gasteiger charge is 2.26. The van der Waals surface area contributed by atoms with Crippen molar-refractivity contribution >= 4 is 17.6 Å². The Kier molecular flexibility index (Phi) is 8.32. The lowest BCUT2D eigenvalue weighted by atomic mass is 9.97. The molecule has 1 aromatic carbocycles. The molecule has 11 nitrogen and oxygen atoms in total. The first-order chi connectivity index (χ1) is 19.3. The van der Waals surface area contributed by atoms with Gasteiger partial charge in [-0.1, -0.05) is 6.07 Å². The number of aliphatic hydroxyl groups excluding tert-OH is 1. The van der Waals surface area contributed by atoms with Gasteiger partial charge in [0, 0.05) is 69.4 Å². The summed E-state index contributed by atoms with van der Waals surface area (Å²) in [4.78, 5) is 36.9. The van der Waals surface area contributed by atoms with Crippen molar-refractivity contribution in [1.82, 2.24) is 19.8 Å². The predicted octanol–water partition coefficient (Wildman–Crippen LogP) is 2.05. The van der Waals surface area contributed by atoms with Crippen LogP contribution in [0.1, 0.15) is 51.3 Å². The average molecular weight is 549 g/mol. The molecule has 212 valence electrons. The van der Waals surface area contributed by atoms with E-state index in [0.717, 1.165) is 30.8 Å². The maximum absolute atomic E-state index is 12.2. The zero-order valence-corrected chi connectivity index (χ0v) is 22.9. The topological polar surface area (TPSA) is 147 Å². The fraction of sp³-hybridized carbons (Fsp3) is 0.448. The van der Waals surface area contributed by atoms with Crippen molar-refractivity contribution in [3.05, 3.63) is 70.6 Å². The van der Waals surface area contributed by atoms with Gasteiger partial charge in [0.05, 0.1) is 11.8 Å². The number of nitrogens with two attached hydrogens (primary N) is 1. The normalized spacial score (nSPS) is 18.3. The third-order valence-corrected chi connectivity index (χ3v) is 7.71. The van der Waals surface area contributed by atoms with E-state index in [0.29, 0.717) is 55.4 Å². The number of hydrogen-bond acceptors (Lipinski definition) is 9. The van der Waals surface area contributed by atoms with Gasteiger partial charge >= 0.3 is 0 Å². The Morgan fingerprint density at radius 1 is 1.27 bits per heavy atom. The number of carbonyl (C=O) groups excluding carboxylic acids is 2. The van der Waals surface area contributed by atoms with E-state index in [-0.39, 0.29) is 18.4 Å². The SMILES string of the molecule is Cc1ncoc1COc1ccc2c(c1)CCN(C[C@@H](O)Cc1c(C(N)=O)ccnc1NC1CCN(C)C(=O)C1)C2. The molecule has 0 saturated carbocycles. The maximum atomic E-state index is 12.2. The Bertz CT molecular complexity index is 1370. The number of amides is 2. The first-order valence-electron chi connectivity index (χ1n) is 13.6. The van der Waals surface area contributed by atoms with E-state index in [1.165, 1.54) is 23.7 Å². The van der Waals surface area contributed by atoms with Crippen molar-refractivity contribution in [2.24, 2.45) is 5.73 Å². The zero-order chi connectivity index (χ0) is 28.2. The summed E-state index contributed by atoms with van der Waals surface area (Å²) in [5, 5.41) is 14.4. The number of rotatable bonds is 10. The number of primary amides is 1. The summed E-state index contributed by atoms with van der Waals surface area (Å²) in [5.74, 6) is 1.48. The monoisotopic (exact) mass is 548 g/mol. The fourth-order valence-electron chi connectivity index (χ4n) is 5.36. The smallest absolute Gasteiger partial charge is 0.249 e. The number of likely N-dealkylation sites (tertiary alicyclic amines) is 1. The van der Waals surface area contributed by atoms with Crippen LogP contribution in [0.3, 0.4) is 0 Å². The Morgan fingerprint density at radius 3 is 2.88 bits per heavy atom. The molecule has 5 rings (SSSR count). The molecule has 2 amide bonds. The van der Waals surface area contributed by atoms with Crippen molar-refractivity contribution < 1.29 is 23.8 Å². The summed E-state index contributed by atoms with van der Waals surface area (Å²) in [6, 6.07) is 7.56. The molecule has 0 aliphatic carbocycles. The second kappa shape index (κ2) is 12.1. The lowest BCUT2D eigenvalue weighted by molar-refractivity contribution is -0.132. The largest absolute Gasteiger partial charge is 0.486 e. The van der Waals surface area contributed by atoms with Gasteiger partial charge in [0.25, 0.3) is 0 Å². The van der Waals surface area contributed by atoms with Gasteiger partial charge in [-0.05, 0) is 49.1 Å². The first-order valence-corrected chi connectivity index (χ1v) is 13.6. The number of β-amino-alcohol motifs (C(OH)–C–C–N with tert-alkyl or cyclic N) is 1. The van der Waals surface area contributed by atoms with Gasteiger partial charge in [-0.3, -0.25) is 14.5 Å². The summed E-state index contributed by atoms with van der Waals surface area (Å²) >= 11 is 0. The van der Waals surface area contributed by atoms with Crippen molar-refractivity contribution in [2.75, 3.05) is 32.0 Å². The number of oxazole rings is 1. The van der Waals surface area contributed by atoms with Crippen LogP contribution in [0, 0.1) is 6.92 Å². The third-order valence-electron chi connectivity index (χ3n) is 7.71. The molecule has 0 radical (unpaired) electrons. The number of anilines is 1. The number of nitrogens with one attached hydrogen (secondary N) is 1. The summed E-state index contributed by atoms with van der Waals surface area (Å²) in [6.45, 7) is 4.78. The van der Waals surface area contributed by atoms with Crippen LogP contribution in [-0.4, -0.2) is 75.5 Å². The molecule has 2 aromatic heterocycles. The Labute approximate surface area is 233 Å². The molecular weight excluding hydrogens is 512 g/mol. The molecule has 11 heteroatoms. The molecule has 3 aromatic rings. The number of carbonyl (C=O) groups is 2. The number of hydrogen-bond donors (Lipinski definition) is 3. The van der Waals surface area contributed by atoms with Crippen LogP contribution in [0.25, 0.3) is 0 Å². The highest BCUT2D eigenvalue weighted by Crippen LogP contribution is 2.27. The average Bonchev–Trinajstić information content (AvgIpc) is 3.34. The summed E-state index contributed by atoms with van der Waals surface area (Å²) in [6.07, 6.45) is 4.37. The van der Waals surface area contributed by atoms with E-state index in [9.17, 15) is 14.7 Å². The van der Waals surface area contributed by atoms with Gasteiger partial charge in [-0.2, -0.15) is 0 Å². The molecule has 2 aliphatic heterocycles. The maximum Gasteiger partial charge on any atom is 0.249 e. The molecule has 4 N–H and O–H groups in total. The van der Waals surface area contributed by atoms with Gasteiger partial charge in [0.15, 0.2) is 12.2 Å². The van der Waals surface area contributed by atoms with Crippen LogP contribution < -0.4 is 15.8 Å². The lowest BCUT2D eigenvalue weighted by Gasteiger charge is -2.32. The number of benzene rings is 1. The number of pyridine rings is 1. The second-order valence-corrected chi connectivity index (χ2v) is 10.6. The molecule has 1 unspecified atom stereocenters. The molecule has 2 aliphatic rings. The highest BCUT2D eigenvalue weighted by molar-refractivity contribution is 5.95. The molecule has 4 heterocycles. The van der Waals surface area contributed by atoms with E-state index in [4.69, 9.17) is 14.9 Å². The predicted molar refractivity (Wildman–Crippen MR) is 148 cm³/mol. The van der Waals surface area contributed by atoms with E-state index in [1.807, 2.05) is 13.0 Å². The molecule has 1 fully saturated rings. The minimum absolute atomic E-state index is 0.0605. The van der Waals surface area contributed by atoms with Crippen LogP contribution >= 0.6 is 0 Å². The Morgan fingerprint density at radius 2 is 2.12 bits per heavy atom. The summed E-state index contributed by atoms with van der Waals surface area (Å²) < 4.78 is 11.3. The number of piperidine rings is 1. The lowest BCUT2D eigenvalue weighted by Crippen LogP contribution is -2.41. The van der Waals surface area contributed by atoms with Gasteiger partial charge in [0.1, 0.15) is 18.2 Å². The molecule has 0 spiro atoms. The number of ether oxygens (including phenoxy) is 1. The van der Waals surface area contributed by atoms with Crippen molar-refractivity contribution in [3.63, 3.8) is 0 Å². The quantitative estimate of drug-likeness (QED) is 0.346. The van der Waals surface area contributed by atoms with Crippen LogP contribution in [-0.2, 0) is 30.8 Å². The van der Waals surface area contributed by atoms with Crippen LogP contribution in [0.2, 0.25) is 0 Å². The number of nitrogens with zero attached hydrogens (tertiary/aromatic N) is 4. The zero-order valence-electron chi connectivity index (χ0n) is 22.9. The number of fused-ring (bicyclic) bond motifs is 1. The second-order valence-electron chi connectivity index (χ2n) is 10.6. The number of aryl methyl sites for hydroxylation is 1. The highest BCUT2D eigenvalue weighted by atomic mass is 16.5. The minimum Gasteiger partial charge on any atom is -0.486 e. The van der Waals surface area contributed by atoms with Crippen molar-refractivity contribution in [1.29, 1.82) is 0 Å². The van der Waals surface area contributed by atoms with Gasteiger partial charge < -0.3 is 30.2 Å². The minimum atomic E-state index is -0.740. The van der Waals surface area contributed by atoms with Crippen molar-refractivity contribution in [3.8, 4) is 5.75 Å². The Hall–Kier alpha value is -3.96. The van der Waals surface area contributed by atoms with Gasteiger partial charge in [-0.15, -0.1) is 0 Å². The third kappa shape index (κ3) is 6.43. The Balaban J connectivity index is 1.21. The molecule has 1 saturated heterocycles. The van der Waals surface area contributed by atoms with Gasteiger partial charge in [0.2, 0.25) is 11.8 Å². The van der Waals surface area contributed by atoms with Gasteiger partial charge in [-0.25, -0.2) is 9.97 Å². The van der Waals surface area contributed by atoms with E-state index >= 15 is 0 Å². The van der Waals surface area contributed by atoms with Crippen LogP contribution in [0.4, 0.5) is 5.82 Å². The standard InChI is InChI=1S/C29H36N6O5/c1-18-26(40-17-32-18)16-39-23-4-3-20-14-35(10-6-19(20)11-23)15-22(36)13-25-24(28(30)38)5-8-31-29(25)33-21-7-9-34(2)27(37)12-21/h3-5,8,11,17,21-22,36H,6-7,9-10,12-16H2,1-2H3,(H2,30,38)(H,31,33)/t21?,22-/m0/s1. The van der Waals surface area contributed by atoms with Crippen LogP contribution in [0.5, 0.6) is 5.75 Å². The van der Waals surface area contributed by atoms with E-state index in [1.54, 1.807) is 18.0 Å². The molecule has 2 atom stereocenters. The van der Waals surface area contributed by atoms with E-state index < -0.39 is 12.0 Å². The fourth-order valence-corrected chi connectivity index (χ4v) is 5.36. The summed E-state index contributed by atoms with van der Waals surface area (Å²) in [7, 11) is 1.79. The van der Waals surface area contributed by atoms with Crippen molar-refractivity contribution in [2.45, 2.75) is 57.9 Å². The molecule has 40 heavy (non-hydrogen) atoms. The molecular formula is C29H36N6O5. The van der Waals surface area contributed by atoms with E-state index in [2.05, 4.69) is 32.3 Å². The summed E-state index contributed by atoms with van der Waals surface area (Å²) in [5.41, 5.74) is 9.81. The first kappa shape index (κ1) is 27.6. The number of aromatic nitrogens is 2. The number of aliphatic hydroxyl groups is 1. The van der Waals surface area contributed by atoms with Crippen LogP contribution in [0.15, 0.2) is 41.3 Å².